The van der Waals surface area contributed by atoms with Crippen LogP contribution in [0.4, 0.5) is 24.5 Å². The van der Waals surface area contributed by atoms with E-state index in [0.717, 1.165) is 28.2 Å². The number of carbonyl (C=O) groups is 3. The summed E-state index contributed by atoms with van der Waals surface area (Å²) in [6.45, 7) is 0. The second kappa shape index (κ2) is 8.83. The van der Waals surface area contributed by atoms with Crippen molar-refractivity contribution in [3.63, 3.8) is 0 Å². The summed E-state index contributed by atoms with van der Waals surface area (Å²) in [5.74, 6) is -3.50. The van der Waals surface area contributed by atoms with Crippen LogP contribution in [0.15, 0.2) is 83.5 Å². The number of hydrogen-bond acceptors (Lipinski definition) is 4. The molecule has 3 aromatic carbocycles. The minimum atomic E-state index is -4.58. The van der Waals surface area contributed by atoms with Gasteiger partial charge in [0, 0.05) is 16.4 Å². The van der Waals surface area contributed by atoms with Gasteiger partial charge in [0.25, 0.3) is 0 Å². The number of carbonyl (C=O) groups excluding carboxylic acids is 3. The van der Waals surface area contributed by atoms with Gasteiger partial charge in [-0.3, -0.25) is 14.4 Å². The molecule has 0 aromatic heterocycles. The van der Waals surface area contributed by atoms with Gasteiger partial charge < -0.3 is 10.2 Å². The molecule has 3 aliphatic rings. The summed E-state index contributed by atoms with van der Waals surface area (Å²) in [5, 5.41) is 2.56. The Labute approximate surface area is 223 Å². The second-order valence-corrected chi connectivity index (χ2v) is 10.3. The Kier molecular flexibility index (Phi) is 5.68. The van der Waals surface area contributed by atoms with Crippen LogP contribution in [-0.4, -0.2) is 28.7 Å². The number of nitrogens with zero attached hydrogens (tertiary/aromatic N) is 2. The summed E-state index contributed by atoms with van der Waals surface area (Å²) in [6.07, 6.45) is -1.09. The molecule has 2 saturated heterocycles. The van der Waals surface area contributed by atoms with E-state index in [1.807, 2.05) is 24.3 Å². The van der Waals surface area contributed by atoms with E-state index in [-0.39, 0.29) is 5.69 Å². The highest BCUT2D eigenvalue weighted by Crippen LogP contribution is 2.53. The van der Waals surface area contributed by atoms with Crippen LogP contribution in [0.3, 0.4) is 0 Å². The third-order valence-corrected chi connectivity index (χ3v) is 7.75. The van der Waals surface area contributed by atoms with Gasteiger partial charge >= 0.3 is 6.18 Å². The van der Waals surface area contributed by atoms with E-state index in [0.29, 0.717) is 10.2 Å². The lowest BCUT2D eigenvalue weighted by molar-refractivity contribution is -0.137. The Balaban J connectivity index is 1.42. The number of imide groups is 1. The number of hydrogen-bond donors (Lipinski definition) is 1. The summed E-state index contributed by atoms with van der Waals surface area (Å²) in [7, 11) is 0. The minimum Gasteiger partial charge on any atom is -0.357 e. The van der Waals surface area contributed by atoms with Crippen molar-refractivity contribution in [3.8, 4) is 0 Å². The maximum Gasteiger partial charge on any atom is 0.416 e. The molecule has 2 fully saturated rings. The van der Waals surface area contributed by atoms with E-state index in [2.05, 4.69) is 21.2 Å². The quantitative estimate of drug-likeness (QED) is 0.407. The average molecular weight is 582 g/mol. The molecule has 0 bridgehead atoms. The largest absolute Gasteiger partial charge is 0.416 e. The summed E-state index contributed by atoms with van der Waals surface area (Å²) < 4.78 is 40.4. The van der Waals surface area contributed by atoms with Crippen LogP contribution in [0.25, 0.3) is 6.08 Å². The molecular weight excluding hydrogens is 563 g/mol. The van der Waals surface area contributed by atoms with Crippen LogP contribution in [0.1, 0.15) is 22.7 Å². The summed E-state index contributed by atoms with van der Waals surface area (Å²) in [5.41, 5.74) is 1.10. The lowest BCUT2D eigenvalue weighted by Crippen LogP contribution is -2.46. The fourth-order valence-electron chi connectivity index (χ4n) is 5.72. The monoisotopic (exact) mass is 581 g/mol. The fraction of sp³-hybridized carbons (Fsp3) is 0.179. The summed E-state index contributed by atoms with van der Waals surface area (Å²) in [6, 6.07) is 16.8. The van der Waals surface area contributed by atoms with Crippen molar-refractivity contribution in [2.45, 2.75) is 18.3 Å². The minimum absolute atomic E-state index is 0.0492. The van der Waals surface area contributed by atoms with Gasteiger partial charge in [0.2, 0.25) is 17.7 Å². The van der Waals surface area contributed by atoms with E-state index in [1.165, 1.54) is 12.1 Å². The van der Waals surface area contributed by atoms with E-state index < -0.39 is 53.4 Å². The number of alkyl halides is 3. The molecular formula is C28H19BrF3N3O3. The molecule has 3 amide bonds. The lowest BCUT2D eigenvalue weighted by Gasteiger charge is -2.35. The van der Waals surface area contributed by atoms with Crippen molar-refractivity contribution in [1.82, 2.24) is 4.90 Å². The predicted octanol–water partition coefficient (Wildman–Crippen LogP) is 5.62. The first kappa shape index (κ1) is 24.4. The molecule has 0 aliphatic carbocycles. The standard InChI is InChI=1S/C28H19BrF3N3O3/c29-17-7-4-9-19(14-17)35-26(37)21-22(27(35)38)24(34-12-11-15-5-1-2-10-20(15)23(21)34)25(36)33-18-8-3-6-16(13-18)28(30,31)32/h1-14,21-24H,(H,33,36). The highest BCUT2D eigenvalue weighted by molar-refractivity contribution is 9.10. The van der Waals surface area contributed by atoms with E-state index in [1.54, 1.807) is 41.4 Å². The fourth-order valence-corrected chi connectivity index (χ4v) is 6.10. The third kappa shape index (κ3) is 3.82. The Morgan fingerprint density at radius 1 is 0.895 bits per heavy atom. The van der Waals surface area contributed by atoms with E-state index in [4.69, 9.17) is 0 Å². The van der Waals surface area contributed by atoms with Crippen molar-refractivity contribution in [1.29, 1.82) is 0 Å². The highest BCUT2D eigenvalue weighted by Gasteiger charge is 2.64. The van der Waals surface area contributed by atoms with Crippen LogP contribution in [0.2, 0.25) is 0 Å². The molecule has 192 valence electrons. The van der Waals surface area contributed by atoms with Gasteiger partial charge in [0.1, 0.15) is 6.04 Å². The smallest absolute Gasteiger partial charge is 0.357 e. The molecule has 0 spiro atoms. The predicted molar refractivity (Wildman–Crippen MR) is 138 cm³/mol. The first-order valence-electron chi connectivity index (χ1n) is 11.8. The van der Waals surface area contributed by atoms with Crippen molar-refractivity contribution in [3.05, 3.63) is 100 Å². The van der Waals surface area contributed by atoms with Gasteiger partial charge in [-0.05, 0) is 53.6 Å². The normalized spacial score (nSPS) is 23.8. The van der Waals surface area contributed by atoms with E-state index in [9.17, 15) is 27.6 Å². The van der Waals surface area contributed by atoms with Crippen molar-refractivity contribution in [2.24, 2.45) is 11.8 Å². The Morgan fingerprint density at radius 3 is 2.39 bits per heavy atom. The molecule has 1 N–H and O–H groups in total. The molecule has 3 aliphatic heterocycles. The van der Waals surface area contributed by atoms with Crippen LogP contribution < -0.4 is 10.2 Å². The number of anilines is 2. The average Bonchev–Trinajstić information content (AvgIpc) is 3.36. The molecule has 38 heavy (non-hydrogen) atoms. The van der Waals surface area contributed by atoms with Gasteiger partial charge in [-0.1, -0.05) is 52.3 Å². The zero-order valence-electron chi connectivity index (χ0n) is 19.5. The number of amides is 3. The lowest BCUT2D eigenvalue weighted by atomic mass is 9.84. The zero-order valence-corrected chi connectivity index (χ0v) is 21.1. The Bertz CT molecular complexity index is 1520. The molecule has 0 radical (unpaired) electrons. The van der Waals surface area contributed by atoms with Gasteiger partial charge in [-0.15, -0.1) is 0 Å². The summed E-state index contributed by atoms with van der Waals surface area (Å²) in [4.78, 5) is 44.1. The molecule has 4 unspecified atom stereocenters. The van der Waals surface area contributed by atoms with Crippen molar-refractivity contribution >= 4 is 51.1 Å². The van der Waals surface area contributed by atoms with E-state index >= 15 is 0 Å². The topological polar surface area (TPSA) is 69.7 Å². The van der Waals surface area contributed by atoms with Gasteiger partial charge in [0.05, 0.1) is 29.1 Å². The first-order chi connectivity index (χ1) is 18.1. The molecule has 3 aromatic rings. The number of halogens is 4. The van der Waals surface area contributed by atoms with Gasteiger partial charge in [-0.2, -0.15) is 13.2 Å². The van der Waals surface area contributed by atoms with Crippen LogP contribution in [0, 0.1) is 11.8 Å². The maximum absolute atomic E-state index is 13.8. The van der Waals surface area contributed by atoms with Crippen molar-refractivity contribution in [2.75, 3.05) is 10.2 Å². The molecule has 6 nitrogen and oxygen atoms in total. The number of nitrogens with one attached hydrogen (secondary N) is 1. The Hall–Kier alpha value is -3.92. The first-order valence-corrected chi connectivity index (χ1v) is 12.6. The maximum atomic E-state index is 13.8. The van der Waals surface area contributed by atoms with Crippen LogP contribution in [-0.2, 0) is 20.6 Å². The third-order valence-electron chi connectivity index (χ3n) is 7.25. The Morgan fingerprint density at radius 2 is 1.63 bits per heavy atom. The zero-order chi connectivity index (χ0) is 26.8. The van der Waals surface area contributed by atoms with Gasteiger partial charge in [-0.25, -0.2) is 4.90 Å². The van der Waals surface area contributed by atoms with Crippen LogP contribution in [0.5, 0.6) is 0 Å². The molecule has 3 heterocycles. The summed E-state index contributed by atoms with van der Waals surface area (Å²) >= 11 is 3.37. The second-order valence-electron chi connectivity index (χ2n) is 9.39. The SMILES string of the molecule is O=C(Nc1cccc(C(F)(F)F)c1)C1C2C(=O)N(c3cccc(Br)c3)C(=O)C2C2c3ccccc3C=CN12. The number of benzene rings is 3. The molecule has 0 saturated carbocycles. The van der Waals surface area contributed by atoms with Crippen LogP contribution >= 0.6 is 15.9 Å². The number of fused-ring (bicyclic) bond motifs is 5. The van der Waals surface area contributed by atoms with Crippen molar-refractivity contribution < 1.29 is 27.6 Å². The molecule has 10 heteroatoms. The molecule has 4 atom stereocenters. The molecule has 6 rings (SSSR count). The van der Waals surface area contributed by atoms with Gasteiger partial charge in [0.15, 0.2) is 0 Å². The number of rotatable bonds is 3. The highest BCUT2D eigenvalue weighted by atomic mass is 79.9.